The summed E-state index contributed by atoms with van der Waals surface area (Å²) in [6, 6.07) is 5.93. The van der Waals surface area contributed by atoms with Crippen LogP contribution in [0.5, 0.6) is 0 Å². The number of amides is 1. The summed E-state index contributed by atoms with van der Waals surface area (Å²) in [5.74, 6) is -2.01. The van der Waals surface area contributed by atoms with Crippen molar-refractivity contribution in [3.05, 3.63) is 65.4 Å². The summed E-state index contributed by atoms with van der Waals surface area (Å²) in [5, 5.41) is 2.67. The first kappa shape index (κ1) is 23.2. The van der Waals surface area contributed by atoms with Crippen LogP contribution in [0.25, 0.3) is 10.2 Å². The lowest BCUT2D eigenvalue weighted by Gasteiger charge is -2.14. The first-order chi connectivity index (χ1) is 14.5. The molecule has 0 aliphatic carbocycles. The van der Waals surface area contributed by atoms with Gasteiger partial charge in [0.15, 0.2) is 5.82 Å². The Morgan fingerprint density at radius 1 is 1.27 bits per heavy atom. The number of halogens is 2. The van der Waals surface area contributed by atoms with E-state index < -0.39 is 17.5 Å². The lowest BCUT2D eigenvalue weighted by molar-refractivity contribution is 0.0145. The molecule has 0 radical (unpaired) electrons. The van der Waals surface area contributed by atoms with Gasteiger partial charge in [-0.2, -0.15) is 0 Å². The number of thiazole rings is 1. The van der Waals surface area contributed by atoms with Crippen molar-refractivity contribution < 1.29 is 23.1 Å². The first-order valence-electron chi connectivity index (χ1n) is 9.24. The molecule has 0 aliphatic rings. The van der Waals surface area contributed by atoms with E-state index in [0.29, 0.717) is 10.3 Å². The molecular weight excluding hydrogens is 412 g/mol. The van der Waals surface area contributed by atoms with Crippen LogP contribution in [0.1, 0.15) is 29.8 Å². The molecule has 3 aromatic rings. The normalized spacial score (nSPS) is 10.2. The predicted molar refractivity (Wildman–Crippen MR) is 115 cm³/mol. The standard InChI is InChI=1S/C19H17F2N3O3S.C2H6/c1-3-26-6-7-27-24-19(25)12-9-15-18(22-10-28-15)16(21)17(12)23-14-5-4-11(2)8-13(14)20;1-2/h3-5,8-10,23H,1,6-7H2,2H3,(H,24,25);1-2H3. The fraction of sp³-hybridized carbons (Fsp3) is 0.238. The van der Waals surface area contributed by atoms with Crippen molar-refractivity contribution in [1.29, 1.82) is 0 Å². The molecule has 2 aromatic carbocycles. The van der Waals surface area contributed by atoms with Gasteiger partial charge in [0.25, 0.3) is 5.91 Å². The zero-order valence-electron chi connectivity index (χ0n) is 16.9. The molecule has 1 aromatic heterocycles. The summed E-state index contributed by atoms with van der Waals surface area (Å²) in [6.07, 6.45) is 1.25. The van der Waals surface area contributed by atoms with Gasteiger partial charge in [0.2, 0.25) is 0 Å². The molecule has 1 amide bonds. The number of hydroxylamine groups is 1. The largest absolute Gasteiger partial charge is 0.499 e. The van der Waals surface area contributed by atoms with Crippen molar-refractivity contribution in [2.24, 2.45) is 0 Å². The summed E-state index contributed by atoms with van der Waals surface area (Å²) in [5.41, 5.74) is 4.30. The van der Waals surface area contributed by atoms with Crippen molar-refractivity contribution in [1.82, 2.24) is 10.5 Å². The van der Waals surface area contributed by atoms with Crippen LogP contribution in [0.15, 0.2) is 42.6 Å². The number of benzene rings is 2. The number of rotatable bonds is 8. The number of fused-ring (bicyclic) bond motifs is 1. The molecule has 0 bridgehead atoms. The van der Waals surface area contributed by atoms with Gasteiger partial charge in [-0.1, -0.05) is 26.5 Å². The van der Waals surface area contributed by atoms with E-state index in [9.17, 15) is 9.18 Å². The molecule has 0 atom stereocenters. The van der Waals surface area contributed by atoms with Gasteiger partial charge in [0.1, 0.15) is 24.5 Å². The number of nitrogens with zero attached hydrogens (tertiary/aromatic N) is 1. The van der Waals surface area contributed by atoms with Gasteiger partial charge in [-0.3, -0.25) is 9.63 Å². The topological polar surface area (TPSA) is 72.5 Å². The number of nitrogens with one attached hydrogen (secondary N) is 2. The first-order valence-corrected chi connectivity index (χ1v) is 10.1. The van der Waals surface area contributed by atoms with E-state index in [1.807, 2.05) is 13.8 Å². The van der Waals surface area contributed by atoms with Crippen LogP contribution in [-0.4, -0.2) is 24.1 Å². The molecule has 9 heteroatoms. The van der Waals surface area contributed by atoms with E-state index in [1.54, 1.807) is 13.0 Å². The third-order valence-electron chi connectivity index (χ3n) is 3.78. The van der Waals surface area contributed by atoms with E-state index in [0.717, 1.165) is 0 Å². The molecule has 30 heavy (non-hydrogen) atoms. The third-order valence-corrected chi connectivity index (χ3v) is 4.56. The summed E-state index contributed by atoms with van der Waals surface area (Å²) in [4.78, 5) is 21.5. The van der Waals surface area contributed by atoms with Gasteiger partial charge in [-0.05, 0) is 30.7 Å². The molecule has 0 aliphatic heterocycles. The maximum Gasteiger partial charge on any atom is 0.277 e. The van der Waals surface area contributed by atoms with E-state index in [-0.39, 0.29) is 35.7 Å². The number of hydrogen-bond acceptors (Lipinski definition) is 6. The zero-order chi connectivity index (χ0) is 22.1. The summed E-state index contributed by atoms with van der Waals surface area (Å²) >= 11 is 1.18. The Bertz CT molecular complexity index is 1020. The second-order valence-corrected chi connectivity index (χ2v) is 6.62. The number of anilines is 2. The quantitative estimate of drug-likeness (QED) is 0.279. The Morgan fingerprint density at radius 3 is 2.73 bits per heavy atom. The number of carbonyl (C=O) groups is 1. The summed E-state index contributed by atoms with van der Waals surface area (Å²) in [7, 11) is 0. The Morgan fingerprint density at radius 2 is 2.03 bits per heavy atom. The molecule has 6 nitrogen and oxygen atoms in total. The fourth-order valence-electron chi connectivity index (χ4n) is 2.46. The summed E-state index contributed by atoms with van der Waals surface area (Å²) < 4.78 is 34.6. The SMILES string of the molecule is C=COCCONC(=O)c1cc2scnc2c(F)c1Nc1ccc(C)cc1F.CC. The molecule has 2 N–H and O–H groups in total. The van der Waals surface area contributed by atoms with E-state index >= 15 is 4.39 Å². The van der Waals surface area contributed by atoms with Gasteiger partial charge in [0, 0.05) is 0 Å². The van der Waals surface area contributed by atoms with Crippen LogP contribution in [0.2, 0.25) is 0 Å². The molecule has 0 saturated carbocycles. The molecule has 160 valence electrons. The van der Waals surface area contributed by atoms with Crippen LogP contribution in [-0.2, 0) is 9.57 Å². The molecule has 1 heterocycles. The van der Waals surface area contributed by atoms with Crippen molar-refractivity contribution >= 4 is 38.8 Å². The summed E-state index contributed by atoms with van der Waals surface area (Å²) in [6.45, 7) is 9.38. The highest BCUT2D eigenvalue weighted by Crippen LogP contribution is 2.33. The van der Waals surface area contributed by atoms with Crippen molar-refractivity contribution in [2.45, 2.75) is 20.8 Å². The molecule has 0 unspecified atom stereocenters. The number of carbonyl (C=O) groups excluding carboxylic acids is 1. The minimum atomic E-state index is -0.751. The number of ether oxygens (including phenoxy) is 1. The number of hydrogen-bond donors (Lipinski definition) is 2. The predicted octanol–water partition coefficient (Wildman–Crippen LogP) is 5.47. The van der Waals surface area contributed by atoms with Crippen LogP contribution in [0, 0.1) is 18.6 Å². The van der Waals surface area contributed by atoms with E-state index in [1.165, 1.54) is 41.3 Å². The highest BCUT2D eigenvalue weighted by molar-refractivity contribution is 7.16. The van der Waals surface area contributed by atoms with E-state index in [4.69, 9.17) is 9.57 Å². The second-order valence-electron chi connectivity index (χ2n) is 5.74. The number of aryl methyl sites for hydroxylation is 1. The lowest BCUT2D eigenvalue weighted by Crippen LogP contribution is -2.26. The Balaban J connectivity index is 0.00000155. The molecule has 0 saturated heterocycles. The average molecular weight is 435 g/mol. The van der Waals surface area contributed by atoms with Gasteiger partial charge in [0.05, 0.1) is 33.4 Å². The fourth-order valence-corrected chi connectivity index (χ4v) is 3.18. The lowest BCUT2D eigenvalue weighted by atomic mass is 10.1. The Hall–Kier alpha value is -3.04. The highest BCUT2D eigenvalue weighted by atomic mass is 32.1. The Labute approximate surface area is 177 Å². The van der Waals surface area contributed by atoms with Crippen LogP contribution in [0.3, 0.4) is 0 Å². The van der Waals surface area contributed by atoms with Crippen molar-refractivity contribution in [2.75, 3.05) is 18.5 Å². The van der Waals surface area contributed by atoms with Crippen molar-refractivity contribution in [3.8, 4) is 0 Å². The zero-order valence-corrected chi connectivity index (χ0v) is 17.7. The van der Waals surface area contributed by atoms with Gasteiger partial charge >= 0.3 is 0 Å². The van der Waals surface area contributed by atoms with Crippen LogP contribution < -0.4 is 10.8 Å². The monoisotopic (exact) mass is 435 g/mol. The van der Waals surface area contributed by atoms with Gasteiger partial charge in [-0.25, -0.2) is 19.2 Å². The second kappa shape index (κ2) is 11.2. The minimum Gasteiger partial charge on any atom is -0.499 e. The van der Waals surface area contributed by atoms with Gasteiger partial charge in [-0.15, -0.1) is 11.3 Å². The molecule has 0 spiro atoms. The molecular formula is C21H23F2N3O3S. The van der Waals surface area contributed by atoms with Crippen molar-refractivity contribution in [3.63, 3.8) is 0 Å². The maximum absolute atomic E-state index is 15.0. The van der Waals surface area contributed by atoms with Gasteiger partial charge < -0.3 is 10.1 Å². The maximum atomic E-state index is 15.0. The minimum absolute atomic E-state index is 0.0356. The number of aromatic nitrogens is 1. The highest BCUT2D eigenvalue weighted by Gasteiger charge is 2.21. The smallest absolute Gasteiger partial charge is 0.277 e. The molecule has 0 fully saturated rings. The Kier molecular flexibility index (Phi) is 8.70. The van der Waals surface area contributed by atoms with Crippen LogP contribution >= 0.6 is 11.3 Å². The molecule has 3 rings (SSSR count). The van der Waals surface area contributed by atoms with E-state index in [2.05, 4.69) is 22.4 Å². The third kappa shape index (κ3) is 5.52. The van der Waals surface area contributed by atoms with Crippen LogP contribution in [0.4, 0.5) is 20.2 Å². The average Bonchev–Trinajstić information content (AvgIpc) is 3.22.